The summed E-state index contributed by atoms with van der Waals surface area (Å²) in [5.41, 5.74) is 7.60. The zero-order valence-electron chi connectivity index (χ0n) is 18.0. The molecule has 0 aliphatic rings. The van der Waals surface area contributed by atoms with Gasteiger partial charge in [0.15, 0.2) is 11.5 Å². The molecule has 3 atom stereocenters. The molecule has 0 amide bonds. The number of aromatic nitrogens is 4. The summed E-state index contributed by atoms with van der Waals surface area (Å²) in [6.07, 6.45) is -4.29. The van der Waals surface area contributed by atoms with Crippen molar-refractivity contribution in [2.45, 2.75) is 45.2 Å². The number of aliphatic hydroxyl groups is 3. The molecular weight excluding hydrogens is 404 g/mol. The van der Waals surface area contributed by atoms with Crippen LogP contribution in [0.5, 0.6) is 0 Å². The van der Waals surface area contributed by atoms with Crippen LogP contribution in [0.3, 0.4) is 0 Å². The lowest BCUT2D eigenvalue weighted by atomic mass is 10.1. The smallest absolute Gasteiger partial charge is 0.282 e. The van der Waals surface area contributed by atoms with E-state index < -0.39 is 23.9 Å². The second kappa shape index (κ2) is 9.20. The van der Waals surface area contributed by atoms with E-state index in [-0.39, 0.29) is 24.7 Å². The van der Waals surface area contributed by atoms with Gasteiger partial charge in [0.2, 0.25) is 0 Å². The Balaban J connectivity index is 2.15. The Hall–Kier alpha value is -2.70. The van der Waals surface area contributed by atoms with Crippen LogP contribution < -0.4 is 11.3 Å². The Kier molecular flexibility index (Phi) is 6.82. The molecule has 1 aromatic carbocycles. The molecule has 0 spiro atoms. The SMILES string of the molecule is Cc1cc2nc(-c3nc(CN(C)C)no3)c(=O)n(C[C@H](O)[C@H](O)[C@H](O)CN)c2cc1C. The number of aryl methyl sites for hydroxylation is 2. The number of nitrogens with two attached hydrogens (primary N) is 1. The van der Waals surface area contributed by atoms with Crippen molar-refractivity contribution < 1.29 is 19.8 Å². The van der Waals surface area contributed by atoms with Crippen LogP contribution in [0.4, 0.5) is 0 Å². The number of benzene rings is 1. The fourth-order valence-corrected chi connectivity index (χ4v) is 3.21. The predicted molar refractivity (Wildman–Crippen MR) is 113 cm³/mol. The highest BCUT2D eigenvalue weighted by atomic mass is 16.5. The number of hydrogen-bond acceptors (Lipinski definition) is 10. The van der Waals surface area contributed by atoms with E-state index in [4.69, 9.17) is 10.3 Å². The Labute approximate surface area is 178 Å². The van der Waals surface area contributed by atoms with Gasteiger partial charge in [-0.1, -0.05) is 5.16 Å². The molecule has 2 aromatic heterocycles. The molecule has 3 aromatic rings. The van der Waals surface area contributed by atoms with Gasteiger partial charge in [-0.15, -0.1) is 0 Å². The van der Waals surface area contributed by atoms with Gasteiger partial charge in [0, 0.05) is 6.54 Å². The minimum atomic E-state index is -1.52. The van der Waals surface area contributed by atoms with Crippen LogP contribution in [0.1, 0.15) is 17.0 Å². The first kappa shape index (κ1) is 23.0. The lowest BCUT2D eigenvalue weighted by molar-refractivity contribution is -0.0605. The molecular formula is C20H28N6O5. The van der Waals surface area contributed by atoms with E-state index in [1.54, 1.807) is 6.07 Å². The largest absolute Gasteiger partial charge is 0.389 e. The highest BCUT2D eigenvalue weighted by Gasteiger charge is 2.26. The zero-order chi connectivity index (χ0) is 22.9. The van der Waals surface area contributed by atoms with Crippen molar-refractivity contribution in [2.24, 2.45) is 5.73 Å². The van der Waals surface area contributed by atoms with Crippen LogP contribution in [0.15, 0.2) is 21.5 Å². The van der Waals surface area contributed by atoms with E-state index in [0.717, 1.165) is 11.1 Å². The van der Waals surface area contributed by atoms with E-state index in [0.29, 0.717) is 23.4 Å². The number of hydrogen-bond donors (Lipinski definition) is 4. The number of rotatable bonds is 8. The Morgan fingerprint density at radius 1 is 1.13 bits per heavy atom. The van der Waals surface area contributed by atoms with E-state index in [9.17, 15) is 20.1 Å². The van der Waals surface area contributed by atoms with Crippen LogP contribution in [-0.4, -0.2) is 78.9 Å². The lowest BCUT2D eigenvalue weighted by Crippen LogP contribution is -2.44. The zero-order valence-corrected chi connectivity index (χ0v) is 18.0. The standard InChI is InChI=1S/C20H28N6O5/c1-10-5-12-13(6-11(10)2)26(8-15(28)18(29)14(27)7-21)20(30)17(22-12)19-23-16(24-31-19)9-25(3)4/h5-6,14-15,18,27-29H,7-9,21H2,1-4H3/t14-,15+,18-/m1/s1. The summed E-state index contributed by atoms with van der Waals surface area (Å²) in [6, 6.07) is 3.60. The van der Waals surface area contributed by atoms with E-state index in [1.807, 2.05) is 38.9 Å². The number of aliphatic hydroxyl groups excluding tert-OH is 3. The monoisotopic (exact) mass is 432 g/mol. The first-order valence-electron chi connectivity index (χ1n) is 9.86. The summed E-state index contributed by atoms with van der Waals surface area (Å²) in [7, 11) is 3.70. The van der Waals surface area contributed by atoms with Crippen molar-refractivity contribution in [1.29, 1.82) is 0 Å². The molecule has 0 unspecified atom stereocenters. The average Bonchev–Trinajstić information content (AvgIpc) is 3.17. The van der Waals surface area contributed by atoms with Crippen molar-refractivity contribution >= 4 is 11.0 Å². The van der Waals surface area contributed by atoms with Gasteiger partial charge in [-0.05, 0) is 51.2 Å². The molecule has 0 radical (unpaired) electrons. The maximum absolute atomic E-state index is 13.3. The van der Waals surface area contributed by atoms with E-state index >= 15 is 0 Å². The third kappa shape index (κ3) is 4.81. The Bertz CT molecular complexity index is 1130. The topological polar surface area (TPSA) is 164 Å². The van der Waals surface area contributed by atoms with Crippen LogP contribution in [0, 0.1) is 13.8 Å². The van der Waals surface area contributed by atoms with Crippen molar-refractivity contribution in [1.82, 2.24) is 24.6 Å². The van der Waals surface area contributed by atoms with Crippen LogP contribution >= 0.6 is 0 Å². The quantitative estimate of drug-likeness (QED) is 0.353. The van der Waals surface area contributed by atoms with E-state index in [2.05, 4.69) is 15.1 Å². The van der Waals surface area contributed by atoms with Gasteiger partial charge in [0.25, 0.3) is 11.4 Å². The Morgan fingerprint density at radius 2 is 1.81 bits per heavy atom. The van der Waals surface area contributed by atoms with Crippen LogP contribution in [0.25, 0.3) is 22.6 Å². The molecule has 0 fully saturated rings. The Morgan fingerprint density at radius 3 is 2.45 bits per heavy atom. The highest BCUT2D eigenvalue weighted by Crippen LogP contribution is 2.21. The summed E-state index contributed by atoms with van der Waals surface area (Å²) >= 11 is 0. The highest BCUT2D eigenvalue weighted by molar-refractivity contribution is 5.78. The number of fused-ring (bicyclic) bond motifs is 1. The van der Waals surface area contributed by atoms with Crippen LogP contribution in [-0.2, 0) is 13.1 Å². The maximum atomic E-state index is 13.3. The van der Waals surface area contributed by atoms with Gasteiger partial charge in [-0.25, -0.2) is 4.98 Å². The van der Waals surface area contributed by atoms with Crippen molar-refractivity contribution in [3.05, 3.63) is 39.4 Å². The predicted octanol–water partition coefficient (Wildman–Crippen LogP) is -0.834. The molecule has 168 valence electrons. The lowest BCUT2D eigenvalue weighted by Gasteiger charge is -2.23. The van der Waals surface area contributed by atoms with E-state index in [1.165, 1.54) is 4.57 Å². The molecule has 0 aliphatic heterocycles. The summed E-state index contributed by atoms with van der Waals surface area (Å²) in [6.45, 7) is 3.72. The molecule has 5 N–H and O–H groups in total. The van der Waals surface area contributed by atoms with Crippen molar-refractivity contribution in [3.63, 3.8) is 0 Å². The summed E-state index contributed by atoms with van der Waals surface area (Å²) < 4.78 is 6.56. The van der Waals surface area contributed by atoms with Crippen molar-refractivity contribution in [3.8, 4) is 11.6 Å². The average molecular weight is 432 g/mol. The van der Waals surface area contributed by atoms with Crippen LogP contribution in [0.2, 0.25) is 0 Å². The maximum Gasteiger partial charge on any atom is 0.282 e. The van der Waals surface area contributed by atoms with Gasteiger partial charge in [-0.3, -0.25) is 4.79 Å². The van der Waals surface area contributed by atoms with Gasteiger partial charge < -0.3 is 35.0 Å². The molecule has 0 saturated heterocycles. The minimum absolute atomic E-state index is 0.0345. The summed E-state index contributed by atoms with van der Waals surface area (Å²) in [4.78, 5) is 23.9. The van der Waals surface area contributed by atoms with Crippen molar-refractivity contribution in [2.75, 3.05) is 20.6 Å². The second-order valence-corrected chi connectivity index (χ2v) is 7.92. The fourth-order valence-electron chi connectivity index (χ4n) is 3.21. The molecule has 0 aliphatic carbocycles. The molecule has 3 rings (SSSR count). The van der Waals surface area contributed by atoms with Gasteiger partial charge in [0.05, 0.1) is 30.2 Å². The number of nitrogens with zero attached hydrogens (tertiary/aromatic N) is 5. The second-order valence-electron chi connectivity index (χ2n) is 7.92. The minimum Gasteiger partial charge on any atom is -0.389 e. The van der Waals surface area contributed by atoms with Gasteiger partial charge in [0.1, 0.15) is 12.2 Å². The normalized spacial score (nSPS) is 14.9. The summed E-state index contributed by atoms with van der Waals surface area (Å²) in [5, 5.41) is 34.2. The molecule has 0 bridgehead atoms. The molecule has 0 saturated carbocycles. The first-order valence-corrected chi connectivity index (χ1v) is 9.86. The molecule has 11 nitrogen and oxygen atoms in total. The fraction of sp³-hybridized carbons (Fsp3) is 0.500. The molecule has 11 heteroatoms. The van der Waals surface area contributed by atoms with Gasteiger partial charge >= 0.3 is 0 Å². The first-order chi connectivity index (χ1) is 14.6. The molecule has 2 heterocycles. The van der Waals surface area contributed by atoms with Gasteiger partial charge in [-0.2, -0.15) is 4.98 Å². The summed E-state index contributed by atoms with van der Waals surface area (Å²) in [5.74, 6) is 0.363. The molecule has 31 heavy (non-hydrogen) atoms. The third-order valence-electron chi connectivity index (χ3n) is 5.09. The third-order valence-corrected chi connectivity index (χ3v) is 5.09.